The van der Waals surface area contributed by atoms with Crippen LogP contribution < -0.4 is 0 Å². The maximum Gasteiger partial charge on any atom is 0.309 e. The molecule has 0 aromatic heterocycles. The third kappa shape index (κ3) is 11.5. The normalized spacial score (nSPS) is 16.3. The lowest BCUT2D eigenvalue weighted by Gasteiger charge is -2.19. The molecule has 0 rings (SSSR count). The van der Waals surface area contributed by atoms with Crippen LogP contribution in [-0.4, -0.2) is 44.2 Å². The van der Waals surface area contributed by atoms with E-state index in [0.717, 1.165) is 44.9 Å². The molecule has 3 unspecified atom stereocenters. The summed E-state index contributed by atoms with van der Waals surface area (Å²) >= 11 is 0. The van der Waals surface area contributed by atoms with Gasteiger partial charge >= 0.3 is 5.97 Å². The van der Waals surface area contributed by atoms with Crippen LogP contribution in [0.2, 0.25) is 0 Å². The van der Waals surface area contributed by atoms with Crippen molar-refractivity contribution in [1.82, 2.24) is 0 Å². The molecule has 0 saturated carbocycles. The first-order valence-corrected chi connectivity index (χ1v) is 9.86. The number of aliphatic hydroxyl groups excluding tert-OH is 2. The largest absolute Gasteiger partial charge is 0.481 e. The molecule has 0 aliphatic carbocycles. The molecule has 0 amide bonds. The van der Waals surface area contributed by atoms with Crippen molar-refractivity contribution in [3.63, 3.8) is 0 Å². The summed E-state index contributed by atoms with van der Waals surface area (Å²) in [5.74, 6) is 4.47. The van der Waals surface area contributed by atoms with E-state index in [1.165, 1.54) is 0 Å². The quantitative estimate of drug-likeness (QED) is 0.294. The zero-order valence-electron chi connectivity index (χ0n) is 16.9. The van der Waals surface area contributed by atoms with Crippen molar-refractivity contribution < 1.29 is 25.2 Å². The summed E-state index contributed by atoms with van der Waals surface area (Å²) in [4.78, 5) is 11.0. The summed E-state index contributed by atoms with van der Waals surface area (Å²) in [7, 11) is 0. The van der Waals surface area contributed by atoms with Gasteiger partial charge in [-0.05, 0) is 46.5 Å². The van der Waals surface area contributed by atoms with Crippen LogP contribution in [0.3, 0.4) is 0 Å². The highest BCUT2D eigenvalue weighted by atomic mass is 16.4. The molecule has 0 bridgehead atoms. The van der Waals surface area contributed by atoms with E-state index in [9.17, 15) is 20.1 Å². The minimum atomic E-state index is -1.15. The average Bonchev–Trinajstić information content (AvgIpc) is 2.55. The maximum absolute atomic E-state index is 11.0. The van der Waals surface area contributed by atoms with Gasteiger partial charge in [-0.15, -0.1) is 0 Å². The van der Waals surface area contributed by atoms with Crippen molar-refractivity contribution in [3.8, 4) is 11.8 Å². The Labute approximate surface area is 158 Å². The molecule has 26 heavy (non-hydrogen) atoms. The molecule has 152 valence electrons. The molecule has 0 radical (unpaired) electrons. The van der Waals surface area contributed by atoms with E-state index < -0.39 is 29.2 Å². The Bertz CT molecular complexity index is 459. The van der Waals surface area contributed by atoms with E-state index >= 15 is 0 Å². The van der Waals surface area contributed by atoms with Crippen LogP contribution in [0.5, 0.6) is 0 Å². The fourth-order valence-electron chi connectivity index (χ4n) is 2.65. The van der Waals surface area contributed by atoms with Crippen molar-refractivity contribution in [2.24, 2.45) is 5.41 Å². The number of hydrogen-bond acceptors (Lipinski definition) is 4. The lowest BCUT2D eigenvalue weighted by molar-refractivity contribution is -0.147. The van der Waals surface area contributed by atoms with Gasteiger partial charge in [0.05, 0.1) is 11.5 Å². The predicted octanol–water partition coefficient (Wildman–Crippen LogP) is 3.49. The van der Waals surface area contributed by atoms with Gasteiger partial charge < -0.3 is 20.4 Å². The Morgan fingerprint density at radius 3 is 2.12 bits per heavy atom. The van der Waals surface area contributed by atoms with Gasteiger partial charge in [0.2, 0.25) is 0 Å². The van der Waals surface area contributed by atoms with Gasteiger partial charge in [0.15, 0.2) is 0 Å². The van der Waals surface area contributed by atoms with E-state index in [2.05, 4.69) is 18.8 Å². The van der Waals surface area contributed by atoms with Crippen LogP contribution in [0.15, 0.2) is 0 Å². The van der Waals surface area contributed by atoms with Gasteiger partial charge in [-0.1, -0.05) is 57.3 Å². The van der Waals surface area contributed by atoms with Gasteiger partial charge in [-0.3, -0.25) is 4.79 Å². The zero-order valence-corrected chi connectivity index (χ0v) is 16.9. The molecular weight excluding hydrogens is 332 g/mol. The van der Waals surface area contributed by atoms with E-state index in [4.69, 9.17) is 5.11 Å². The number of rotatable bonds is 13. The molecule has 0 aromatic rings. The molecule has 0 aliphatic rings. The Kier molecular flexibility index (Phi) is 11.8. The summed E-state index contributed by atoms with van der Waals surface area (Å²) < 4.78 is 0. The molecule has 0 heterocycles. The van der Waals surface area contributed by atoms with Gasteiger partial charge in [0, 0.05) is 0 Å². The summed E-state index contributed by atoms with van der Waals surface area (Å²) in [5, 5.41) is 39.1. The number of aliphatic hydroxyl groups is 3. The monoisotopic (exact) mass is 370 g/mol. The van der Waals surface area contributed by atoms with Gasteiger partial charge in [-0.2, -0.15) is 0 Å². The Morgan fingerprint density at radius 2 is 1.54 bits per heavy atom. The second kappa shape index (κ2) is 12.3. The van der Waals surface area contributed by atoms with E-state index in [1.54, 1.807) is 20.8 Å². The van der Waals surface area contributed by atoms with Crippen molar-refractivity contribution >= 4 is 5.97 Å². The standard InChI is InChI=1S/C21H38O5/c1-5-6-10-15-21(4,26)16-13-18(23)17(22)12-9-7-8-11-14-20(2,3)19(24)25/h17-18,22-23,26H,5-12,14-15H2,1-4H3,(H,24,25). The molecule has 4 N–H and O–H groups in total. The fourth-order valence-corrected chi connectivity index (χ4v) is 2.65. The van der Waals surface area contributed by atoms with Crippen LogP contribution in [-0.2, 0) is 4.79 Å². The van der Waals surface area contributed by atoms with Gasteiger partial charge in [0.1, 0.15) is 11.7 Å². The number of unbranched alkanes of at least 4 members (excludes halogenated alkanes) is 5. The third-order valence-electron chi connectivity index (χ3n) is 4.75. The molecule has 5 heteroatoms. The average molecular weight is 371 g/mol. The summed E-state index contributed by atoms with van der Waals surface area (Å²) in [6.07, 6.45) is 5.90. The lowest BCUT2D eigenvalue weighted by atomic mass is 9.87. The number of aliphatic carboxylic acids is 1. The van der Waals surface area contributed by atoms with Crippen LogP contribution in [0.4, 0.5) is 0 Å². The fraction of sp³-hybridized carbons (Fsp3) is 0.857. The minimum absolute atomic E-state index is 0.441. The van der Waals surface area contributed by atoms with E-state index in [0.29, 0.717) is 19.3 Å². The zero-order chi connectivity index (χ0) is 20.2. The van der Waals surface area contributed by atoms with Crippen molar-refractivity contribution in [3.05, 3.63) is 0 Å². The topological polar surface area (TPSA) is 98.0 Å². The SMILES string of the molecule is CCCCCC(C)(O)C#CC(O)C(O)CCCCCCC(C)(C)C(=O)O. The highest BCUT2D eigenvalue weighted by Gasteiger charge is 2.26. The van der Waals surface area contributed by atoms with Gasteiger partial charge in [0.25, 0.3) is 0 Å². The van der Waals surface area contributed by atoms with Crippen LogP contribution in [0.25, 0.3) is 0 Å². The van der Waals surface area contributed by atoms with Crippen LogP contribution in [0, 0.1) is 17.3 Å². The highest BCUT2D eigenvalue weighted by Crippen LogP contribution is 2.24. The Morgan fingerprint density at radius 1 is 0.962 bits per heavy atom. The lowest BCUT2D eigenvalue weighted by Crippen LogP contribution is -2.27. The Balaban J connectivity index is 4.05. The second-order valence-electron chi connectivity index (χ2n) is 8.15. The first kappa shape index (κ1) is 24.9. The molecule has 0 aromatic carbocycles. The van der Waals surface area contributed by atoms with E-state index in [-0.39, 0.29) is 0 Å². The molecular formula is C21H38O5. The number of carboxylic acids is 1. The summed E-state index contributed by atoms with van der Waals surface area (Å²) in [6, 6.07) is 0. The number of carboxylic acid groups (broad SMARTS) is 1. The molecule has 5 nitrogen and oxygen atoms in total. The van der Waals surface area contributed by atoms with Crippen molar-refractivity contribution in [1.29, 1.82) is 0 Å². The van der Waals surface area contributed by atoms with Crippen LogP contribution in [0.1, 0.15) is 91.9 Å². The molecule has 0 fully saturated rings. The summed E-state index contributed by atoms with van der Waals surface area (Å²) in [6.45, 7) is 7.18. The second-order valence-corrected chi connectivity index (χ2v) is 8.15. The predicted molar refractivity (Wildman–Crippen MR) is 104 cm³/mol. The molecule has 0 saturated heterocycles. The molecule has 3 atom stereocenters. The van der Waals surface area contributed by atoms with E-state index in [1.807, 2.05) is 0 Å². The van der Waals surface area contributed by atoms with Crippen molar-refractivity contribution in [2.45, 2.75) is 110 Å². The minimum Gasteiger partial charge on any atom is -0.481 e. The maximum atomic E-state index is 11.0. The number of hydrogen-bond donors (Lipinski definition) is 4. The van der Waals surface area contributed by atoms with Crippen molar-refractivity contribution in [2.75, 3.05) is 0 Å². The molecule has 0 aliphatic heterocycles. The first-order chi connectivity index (χ1) is 12.0. The third-order valence-corrected chi connectivity index (χ3v) is 4.75. The number of carbonyl (C=O) groups is 1. The van der Waals surface area contributed by atoms with Crippen LogP contribution >= 0.6 is 0 Å². The smallest absolute Gasteiger partial charge is 0.309 e. The Hall–Kier alpha value is -1.09. The van der Waals surface area contributed by atoms with Gasteiger partial charge in [-0.25, -0.2) is 0 Å². The molecule has 0 spiro atoms. The first-order valence-electron chi connectivity index (χ1n) is 9.86. The highest BCUT2D eigenvalue weighted by molar-refractivity contribution is 5.73. The summed E-state index contributed by atoms with van der Waals surface area (Å²) in [5.41, 5.74) is -1.83.